The summed E-state index contributed by atoms with van der Waals surface area (Å²) in [6.45, 7) is 1.62. The van der Waals surface area contributed by atoms with Gasteiger partial charge in [-0.15, -0.1) is 0 Å². The SMILES string of the molecule is CCc1cc(C(F)(F)F)nn1-c1ccc(F)cc1F. The lowest BCUT2D eigenvalue weighted by Crippen LogP contribution is -2.08. The number of aryl methyl sites for hydroxylation is 1. The van der Waals surface area contributed by atoms with E-state index in [-0.39, 0.29) is 17.8 Å². The van der Waals surface area contributed by atoms with Gasteiger partial charge in [0.1, 0.15) is 11.5 Å². The molecule has 0 saturated carbocycles. The lowest BCUT2D eigenvalue weighted by atomic mass is 10.2. The number of aromatic nitrogens is 2. The zero-order valence-corrected chi connectivity index (χ0v) is 9.80. The van der Waals surface area contributed by atoms with E-state index >= 15 is 0 Å². The largest absolute Gasteiger partial charge is 0.435 e. The van der Waals surface area contributed by atoms with E-state index in [0.29, 0.717) is 6.07 Å². The molecule has 0 aliphatic carbocycles. The third kappa shape index (κ3) is 2.59. The van der Waals surface area contributed by atoms with E-state index in [1.807, 2.05) is 0 Å². The molecule has 2 nitrogen and oxygen atoms in total. The molecule has 0 amide bonds. The van der Waals surface area contributed by atoms with E-state index in [1.54, 1.807) is 6.92 Å². The van der Waals surface area contributed by atoms with Crippen LogP contribution in [0.3, 0.4) is 0 Å². The molecule has 19 heavy (non-hydrogen) atoms. The lowest BCUT2D eigenvalue weighted by Gasteiger charge is -2.07. The fraction of sp³-hybridized carbons (Fsp3) is 0.250. The first-order valence-corrected chi connectivity index (χ1v) is 5.44. The first kappa shape index (κ1) is 13.5. The maximum atomic E-state index is 13.6. The van der Waals surface area contributed by atoms with E-state index < -0.39 is 23.5 Å². The van der Waals surface area contributed by atoms with E-state index in [4.69, 9.17) is 0 Å². The highest BCUT2D eigenvalue weighted by atomic mass is 19.4. The fourth-order valence-electron chi connectivity index (χ4n) is 1.67. The molecule has 1 aromatic carbocycles. The average Bonchev–Trinajstić information content (AvgIpc) is 2.72. The van der Waals surface area contributed by atoms with Crippen molar-refractivity contribution >= 4 is 0 Å². The van der Waals surface area contributed by atoms with Crippen LogP contribution in [0.4, 0.5) is 22.0 Å². The third-order valence-corrected chi connectivity index (χ3v) is 2.57. The molecular weight excluding hydrogens is 267 g/mol. The number of hydrogen-bond acceptors (Lipinski definition) is 1. The molecule has 0 aliphatic heterocycles. The van der Waals surface area contributed by atoms with Gasteiger partial charge in [0.05, 0.1) is 0 Å². The number of nitrogens with zero attached hydrogens (tertiary/aromatic N) is 2. The number of benzene rings is 1. The summed E-state index contributed by atoms with van der Waals surface area (Å²) in [4.78, 5) is 0. The summed E-state index contributed by atoms with van der Waals surface area (Å²) >= 11 is 0. The second-order valence-electron chi connectivity index (χ2n) is 3.88. The van der Waals surface area contributed by atoms with Gasteiger partial charge in [-0.05, 0) is 24.6 Å². The Hall–Kier alpha value is -1.92. The summed E-state index contributed by atoms with van der Waals surface area (Å²) in [7, 11) is 0. The van der Waals surface area contributed by atoms with Crippen LogP contribution >= 0.6 is 0 Å². The van der Waals surface area contributed by atoms with Gasteiger partial charge in [-0.3, -0.25) is 0 Å². The van der Waals surface area contributed by atoms with Gasteiger partial charge in [0.25, 0.3) is 0 Å². The first-order chi connectivity index (χ1) is 8.82. The molecule has 1 heterocycles. The molecule has 7 heteroatoms. The van der Waals surface area contributed by atoms with Crippen molar-refractivity contribution in [3.63, 3.8) is 0 Å². The van der Waals surface area contributed by atoms with Gasteiger partial charge in [0.2, 0.25) is 0 Å². The summed E-state index contributed by atoms with van der Waals surface area (Å²) < 4.78 is 64.9. The Morgan fingerprint density at radius 1 is 1.16 bits per heavy atom. The Labute approximate surface area is 105 Å². The minimum atomic E-state index is -4.61. The Bertz CT molecular complexity index is 601. The normalized spacial score (nSPS) is 11.9. The van der Waals surface area contributed by atoms with Crippen LogP contribution in [0.5, 0.6) is 0 Å². The molecule has 0 aliphatic rings. The molecule has 102 valence electrons. The standard InChI is InChI=1S/C12H9F5N2/c1-2-8-6-11(12(15,16)17)18-19(8)10-4-3-7(13)5-9(10)14/h3-6H,2H2,1H3. The van der Waals surface area contributed by atoms with Gasteiger partial charge in [-0.1, -0.05) is 6.92 Å². The van der Waals surface area contributed by atoms with Crippen molar-refractivity contribution in [1.82, 2.24) is 9.78 Å². The second-order valence-corrected chi connectivity index (χ2v) is 3.88. The van der Waals surface area contributed by atoms with Gasteiger partial charge in [-0.2, -0.15) is 18.3 Å². The summed E-state index contributed by atoms with van der Waals surface area (Å²) in [6, 6.07) is 3.47. The van der Waals surface area contributed by atoms with Crippen LogP contribution in [0.25, 0.3) is 5.69 Å². The predicted octanol–water partition coefficient (Wildman–Crippen LogP) is 3.73. The molecular formula is C12H9F5N2. The van der Waals surface area contributed by atoms with Gasteiger partial charge < -0.3 is 0 Å². The van der Waals surface area contributed by atoms with E-state index in [1.165, 1.54) is 0 Å². The quantitative estimate of drug-likeness (QED) is 0.764. The van der Waals surface area contributed by atoms with Crippen LogP contribution in [0, 0.1) is 11.6 Å². The molecule has 0 spiro atoms. The van der Waals surface area contributed by atoms with Crippen molar-refractivity contribution in [3.05, 3.63) is 47.3 Å². The molecule has 0 atom stereocenters. The van der Waals surface area contributed by atoms with E-state index in [2.05, 4.69) is 5.10 Å². The van der Waals surface area contributed by atoms with Crippen LogP contribution < -0.4 is 0 Å². The highest BCUT2D eigenvalue weighted by molar-refractivity contribution is 5.36. The highest BCUT2D eigenvalue weighted by Crippen LogP contribution is 2.30. The molecule has 2 aromatic rings. The minimum absolute atomic E-state index is 0.192. The van der Waals surface area contributed by atoms with E-state index in [0.717, 1.165) is 22.9 Å². The van der Waals surface area contributed by atoms with Crippen LogP contribution in [0.2, 0.25) is 0 Å². The molecule has 0 saturated heterocycles. The van der Waals surface area contributed by atoms with Gasteiger partial charge in [0.15, 0.2) is 11.5 Å². The maximum absolute atomic E-state index is 13.6. The third-order valence-electron chi connectivity index (χ3n) is 2.57. The maximum Gasteiger partial charge on any atom is 0.435 e. The molecule has 1 aromatic heterocycles. The van der Waals surface area contributed by atoms with Crippen molar-refractivity contribution in [3.8, 4) is 5.69 Å². The smallest absolute Gasteiger partial charge is 0.234 e. The molecule has 0 radical (unpaired) electrons. The van der Waals surface area contributed by atoms with Gasteiger partial charge in [0, 0.05) is 11.8 Å². The Kier molecular flexibility index (Phi) is 3.30. The summed E-state index contributed by atoms with van der Waals surface area (Å²) in [5.74, 6) is -1.77. The second kappa shape index (κ2) is 4.64. The van der Waals surface area contributed by atoms with Crippen molar-refractivity contribution in [2.45, 2.75) is 19.5 Å². The highest BCUT2D eigenvalue weighted by Gasteiger charge is 2.35. The zero-order chi connectivity index (χ0) is 14.2. The summed E-state index contributed by atoms with van der Waals surface area (Å²) in [5.41, 5.74) is -1.13. The topological polar surface area (TPSA) is 17.8 Å². The van der Waals surface area contributed by atoms with Gasteiger partial charge in [-0.25, -0.2) is 13.5 Å². The van der Waals surface area contributed by atoms with Crippen molar-refractivity contribution < 1.29 is 22.0 Å². The average molecular weight is 276 g/mol. The molecule has 2 rings (SSSR count). The Morgan fingerprint density at radius 2 is 1.84 bits per heavy atom. The minimum Gasteiger partial charge on any atom is -0.234 e. The Balaban J connectivity index is 2.58. The van der Waals surface area contributed by atoms with Crippen LogP contribution in [0.15, 0.2) is 24.3 Å². The number of halogens is 5. The number of rotatable bonds is 2. The molecule has 0 fully saturated rings. The van der Waals surface area contributed by atoms with Crippen LogP contribution in [-0.2, 0) is 12.6 Å². The van der Waals surface area contributed by atoms with Crippen molar-refractivity contribution in [2.75, 3.05) is 0 Å². The monoisotopic (exact) mass is 276 g/mol. The lowest BCUT2D eigenvalue weighted by molar-refractivity contribution is -0.141. The van der Waals surface area contributed by atoms with Crippen LogP contribution in [-0.4, -0.2) is 9.78 Å². The number of alkyl halides is 3. The summed E-state index contributed by atoms with van der Waals surface area (Å²) in [5, 5.41) is 3.34. The Morgan fingerprint density at radius 3 is 2.37 bits per heavy atom. The number of hydrogen-bond donors (Lipinski definition) is 0. The zero-order valence-electron chi connectivity index (χ0n) is 9.80. The van der Waals surface area contributed by atoms with Crippen LogP contribution in [0.1, 0.15) is 18.3 Å². The molecule has 0 N–H and O–H groups in total. The van der Waals surface area contributed by atoms with E-state index in [9.17, 15) is 22.0 Å². The predicted molar refractivity (Wildman–Crippen MR) is 57.9 cm³/mol. The van der Waals surface area contributed by atoms with Gasteiger partial charge >= 0.3 is 6.18 Å². The first-order valence-electron chi connectivity index (χ1n) is 5.44. The summed E-state index contributed by atoms with van der Waals surface area (Å²) in [6.07, 6.45) is -4.37. The van der Waals surface area contributed by atoms with Crippen molar-refractivity contribution in [1.29, 1.82) is 0 Å². The molecule has 0 unspecified atom stereocenters. The van der Waals surface area contributed by atoms with Crippen molar-refractivity contribution in [2.24, 2.45) is 0 Å². The molecule has 0 bridgehead atoms. The fourth-order valence-corrected chi connectivity index (χ4v) is 1.67.